The summed E-state index contributed by atoms with van der Waals surface area (Å²) in [6, 6.07) is 5.41. The lowest BCUT2D eigenvalue weighted by Gasteiger charge is -2.19. The average molecular weight is 386 g/mol. The van der Waals surface area contributed by atoms with Crippen LogP contribution < -0.4 is 5.56 Å². The van der Waals surface area contributed by atoms with Crippen LogP contribution in [0.25, 0.3) is 11.4 Å². The summed E-state index contributed by atoms with van der Waals surface area (Å²) in [4.78, 5) is 54.1. The van der Waals surface area contributed by atoms with Gasteiger partial charge in [0.1, 0.15) is 23.1 Å². The Labute approximate surface area is 160 Å². The summed E-state index contributed by atoms with van der Waals surface area (Å²) in [6.07, 6.45) is 1.78. The number of methoxy groups -OCH3 is 1. The SMILES string of the molecule is COCCn1c(-c2ccc(F)cc2)ncc(C(=O)C2C(=O)CCCC2=O)c1=O. The van der Waals surface area contributed by atoms with Gasteiger partial charge in [-0.25, -0.2) is 9.37 Å². The second-order valence-electron chi connectivity index (χ2n) is 6.54. The molecule has 0 aliphatic heterocycles. The van der Waals surface area contributed by atoms with Crippen LogP contribution in [0.3, 0.4) is 0 Å². The third-order valence-electron chi connectivity index (χ3n) is 4.69. The van der Waals surface area contributed by atoms with Crippen LogP contribution in [0.1, 0.15) is 29.6 Å². The molecule has 0 bridgehead atoms. The van der Waals surface area contributed by atoms with Gasteiger partial charge in [0.05, 0.1) is 13.2 Å². The molecule has 1 fully saturated rings. The van der Waals surface area contributed by atoms with Crippen molar-refractivity contribution in [2.75, 3.05) is 13.7 Å². The van der Waals surface area contributed by atoms with Gasteiger partial charge in [-0.1, -0.05) is 0 Å². The van der Waals surface area contributed by atoms with Gasteiger partial charge in [-0.05, 0) is 30.7 Å². The van der Waals surface area contributed by atoms with Crippen LogP contribution in [-0.2, 0) is 20.9 Å². The number of aromatic nitrogens is 2. The van der Waals surface area contributed by atoms with Gasteiger partial charge in [-0.15, -0.1) is 0 Å². The monoisotopic (exact) mass is 386 g/mol. The summed E-state index contributed by atoms with van der Waals surface area (Å²) in [5, 5.41) is 0. The summed E-state index contributed by atoms with van der Waals surface area (Å²) < 4.78 is 19.5. The van der Waals surface area contributed by atoms with E-state index in [0.717, 1.165) is 6.20 Å². The lowest BCUT2D eigenvalue weighted by molar-refractivity contribution is -0.133. The van der Waals surface area contributed by atoms with Crippen molar-refractivity contribution in [3.63, 3.8) is 0 Å². The number of ether oxygens (including phenoxy) is 1. The second-order valence-corrected chi connectivity index (χ2v) is 6.54. The smallest absolute Gasteiger partial charge is 0.264 e. The van der Waals surface area contributed by atoms with Crippen molar-refractivity contribution in [1.82, 2.24) is 9.55 Å². The molecule has 8 heteroatoms. The molecule has 1 aliphatic carbocycles. The lowest BCUT2D eigenvalue weighted by atomic mass is 9.82. The number of rotatable bonds is 6. The molecule has 1 aromatic carbocycles. The van der Waals surface area contributed by atoms with Crippen LogP contribution in [0.2, 0.25) is 0 Å². The molecule has 0 unspecified atom stereocenters. The quantitative estimate of drug-likeness (QED) is 0.555. The molecule has 0 spiro atoms. The molecular weight excluding hydrogens is 367 g/mol. The summed E-state index contributed by atoms with van der Waals surface area (Å²) in [7, 11) is 1.46. The Morgan fingerprint density at radius 3 is 2.43 bits per heavy atom. The molecule has 0 N–H and O–H groups in total. The summed E-state index contributed by atoms with van der Waals surface area (Å²) in [5.74, 6) is -3.38. The molecule has 0 amide bonds. The largest absolute Gasteiger partial charge is 0.383 e. The minimum Gasteiger partial charge on any atom is -0.383 e. The van der Waals surface area contributed by atoms with Crippen molar-refractivity contribution in [3.8, 4) is 11.4 Å². The first kappa shape index (κ1) is 19.8. The van der Waals surface area contributed by atoms with Gasteiger partial charge in [-0.3, -0.25) is 23.7 Å². The standard InChI is InChI=1S/C20H19FN2O5/c1-28-10-9-23-19(12-5-7-13(21)8-6-12)22-11-14(20(23)27)18(26)17-15(24)3-2-4-16(17)25/h5-8,11,17H,2-4,9-10H2,1H3. The van der Waals surface area contributed by atoms with Crippen LogP contribution in [0.5, 0.6) is 0 Å². The van der Waals surface area contributed by atoms with Gasteiger partial charge < -0.3 is 4.74 Å². The number of carbonyl (C=O) groups is 3. The van der Waals surface area contributed by atoms with Gasteiger partial charge in [0.15, 0.2) is 17.3 Å². The molecule has 7 nitrogen and oxygen atoms in total. The first-order valence-electron chi connectivity index (χ1n) is 8.88. The van der Waals surface area contributed by atoms with Crippen molar-refractivity contribution in [2.45, 2.75) is 25.8 Å². The number of halogens is 1. The van der Waals surface area contributed by atoms with Crippen LogP contribution in [0, 0.1) is 11.7 Å². The van der Waals surface area contributed by atoms with Crippen LogP contribution in [0.4, 0.5) is 4.39 Å². The van der Waals surface area contributed by atoms with Gasteiger partial charge in [-0.2, -0.15) is 0 Å². The molecule has 0 atom stereocenters. The summed E-state index contributed by atoms with van der Waals surface area (Å²) >= 11 is 0. The van der Waals surface area contributed by atoms with Crippen LogP contribution >= 0.6 is 0 Å². The molecule has 0 radical (unpaired) electrons. The first-order valence-corrected chi connectivity index (χ1v) is 8.88. The number of benzene rings is 1. The number of Topliss-reactive ketones (excluding diaryl/α,β-unsaturated/α-hetero) is 3. The number of nitrogens with zero attached hydrogens (tertiary/aromatic N) is 2. The normalized spacial score (nSPS) is 15.1. The average Bonchev–Trinajstić information content (AvgIpc) is 2.67. The highest BCUT2D eigenvalue weighted by Crippen LogP contribution is 2.22. The van der Waals surface area contributed by atoms with E-state index in [9.17, 15) is 23.6 Å². The molecule has 1 aromatic heterocycles. The van der Waals surface area contributed by atoms with E-state index in [1.807, 2.05) is 0 Å². The van der Waals surface area contributed by atoms with Crippen molar-refractivity contribution in [3.05, 3.63) is 52.2 Å². The molecule has 1 heterocycles. The van der Waals surface area contributed by atoms with E-state index in [0.29, 0.717) is 12.0 Å². The Balaban J connectivity index is 2.07. The van der Waals surface area contributed by atoms with Crippen molar-refractivity contribution >= 4 is 17.3 Å². The van der Waals surface area contributed by atoms with Gasteiger partial charge in [0.25, 0.3) is 5.56 Å². The van der Waals surface area contributed by atoms with Gasteiger partial charge in [0, 0.05) is 31.7 Å². The molecule has 0 saturated heterocycles. The topological polar surface area (TPSA) is 95.3 Å². The molecule has 1 aliphatic rings. The number of carbonyl (C=O) groups excluding carboxylic acids is 3. The third-order valence-corrected chi connectivity index (χ3v) is 4.69. The molecule has 2 aromatic rings. The molecule has 28 heavy (non-hydrogen) atoms. The highest BCUT2D eigenvalue weighted by atomic mass is 19.1. The van der Waals surface area contributed by atoms with Crippen molar-refractivity contribution in [2.24, 2.45) is 5.92 Å². The Morgan fingerprint density at radius 2 is 1.82 bits per heavy atom. The number of ketones is 3. The van der Waals surface area contributed by atoms with Gasteiger partial charge in [0.2, 0.25) is 0 Å². The number of hydrogen-bond acceptors (Lipinski definition) is 6. The second kappa shape index (κ2) is 8.35. The summed E-state index contributed by atoms with van der Waals surface area (Å²) in [6.45, 7) is 0.275. The Morgan fingerprint density at radius 1 is 1.18 bits per heavy atom. The Bertz CT molecular complexity index is 965. The van der Waals surface area contributed by atoms with E-state index in [-0.39, 0.29) is 37.4 Å². The fourth-order valence-corrected chi connectivity index (χ4v) is 3.23. The zero-order valence-corrected chi connectivity index (χ0v) is 15.3. The van der Waals surface area contributed by atoms with E-state index in [1.54, 1.807) is 0 Å². The maximum absolute atomic E-state index is 13.2. The van der Waals surface area contributed by atoms with E-state index in [2.05, 4.69) is 4.98 Å². The zero-order valence-electron chi connectivity index (χ0n) is 15.3. The molecule has 3 rings (SSSR count). The highest BCUT2D eigenvalue weighted by molar-refractivity contribution is 6.24. The fraction of sp³-hybridized carbons (Fsp3) is 0.350. The molecular formula is C20H19FN2O5. The highest BCUT2D eigenvalue weighted by Gasteiger charge is 2.38. The fourth-order valence-electron chi connectivity index (χ4n) is 3.23. The maximum atomic E-state index is 13.2. The number of hydrogen-bond donors (Lipinski definition) is 0. The minimum atomic E-state index is -1.43. The predicted molar refractivity (Wildman–Crippen MR) is 97.5 cm³/mol. The first-order chi connectivity index (χ1) is 13.4. The van der Waals surface area contributed by atoms with E-state index in [1.165, 1.54) is 35.9 Å². The zero-order chi connectivity index (χ0) is 20.3. The van der Waals surface area contributed by atoms with Crippen LogP contribution in [0.15, 0.2) is 35.3 Å². The van der Waals surface area contributed by atoms with E-state index < -0.39 is 34.6 Å². The van der Waals surface area contributed by atoms with Crippen molar-refractivity contribution < 1.29 is 23.5 Å². The van der Waals surface area contributed by atoms with Crippen LogP contribution in [-0.4, -0.2) is 40.6 Å². The minimum absolute atomic E-state index is 0.0999. The maximum Gasteiger partial charge on any atom is 0.264 e. The lowest BCUT2D eigenvalue weighted by Crippen LogP contribution is -2.39. The van der Waals surface area contributed by atoms with E-state index in [4.69, 9.17) is 4.74 Å². The third kappa shape index (κ3) is 3.82. The molecule has 1 saturated carbocycles. The van der Waals surface area contributed by atoms with Crippen molar-refractivity contribution in [1.29, 1.82) is 0 Å². The van der Waals surface area contributed by atoms with E-state index >= 15 is 0 Å². The molecule has 146 valence electrons. The predicted octanol–water partition coefficient (Wildman–Crippen LogP) is 1.82. The summed E-state index contributed by atoms with van der Waals surface area (Å²) in [5.41, 5.74) is -0.489. The Hall–Kier alpha value is -3.00. The Kier molecular flexibility index (Phi) is 5.89. The van der Waals surface area contributed by atoms with Gasteiger partial charge >= 0.3 is 0 Å².